The maximum Gasteiger partial charge on any atom is 0.458 e. The maximum atomic E-state index is 12.9. The molecule has 0 radical (unpaired) electrons. The van der Waals surface area contributed by atoms with E-state index in [0.29, 0.717) is 22.2 Å². The first-order valence-electron chi connectivity index (χ1n) is 8.89. The molecule has 0 spiro atoms. The Morgan fingerprint density at radius 1 is 1.17 bits per heavy atom. The molecule has 0 fully saturated rings. The number of hydrogen-bond acceptors (Lipinski definition) is 6. The van der Waals surface area contributed by atoms with E-state index in [1.807, 2.05) is 6.07 Å². The van der Waals surface area contributed by atoms with Gasteiger partial charge in [-0.2, -0.15) is 13.2 Å². The van der Waals surface area contributed by atoms with Crippen LogP contribution in [0.1, 0.15) is 28.0 Å². The standard InChI is InChI=1S/C20H15F3N4O3/c21-20(22,23)19(29)9-16(27-30-19)13-5-3-4-12(8-13)10-25-18(28)17-11-24-14-6-1-2-7-15(14)26-17/h1-8,11,29H,9-10H2,(H,25,28). The number of aliphatic hydroxyl groups is 1. The second-order valence-electron chi connectivity index (χ2n) is 6.72. The molecule has 1 aromatic heterocycles. The lowest BCUT2D eigenvalue weighted by molar-refractivity contribution is -0.355. The van der Waals surface area contributed by atoms with Gasteiger partial charge in [0.15, 0.2) is 0 Å². The van der Waals surface area contributed by atoms with Crippen molar-refractivity contribution >= 4 is 22.7 Å². The predicted octanol–water partition coefficient (Wildman–Crippen LogP) is 2.94. The van der Waals surface area contributed by atoms with Gasteiger partial charge in [0.05, 0.1) is 29.4 Å². The largest absolute Gasteiger partial charge is 0.458 e. The molecule has 4 rings (SSSR count). The van der Waals surface area contributed by atoms with Gasteiger partial charge in [-0.15, -0.1) is 0 Å². The molecule has 2 aromatic carbocycles. The summed E-state index contributed by atoms with van der Waals surface area (Å²) < 4.78 is 38.6. The number of nitrogens with one attached hydrogen (secondary N) is 1. The molecule has 3 aromatic rings. The molecule has 2 heterocycles. The normalized spacial score (nSPS) is 18.7. The van der Waals surface area contributed by atoms with E-state index >= 15 is 0 Å². The smallest absolute Gasteiger partial charge is 0.350 e. The maximum absolute atomic E-state index is 12.9. The molecule has 2 N–H and O–H groups in total. The molecule has 1 aliphatic rings. The van der Waals surface area contributed by atoms with Gasteiger partial charge in [-0.3, -0.25) is 9.78 Å². The molecule has 1 atom stereocenters. The zero-order valence-corrected chi connectivity index (χ0v) is 15.3. The minimum absolute atomic E-state index is 0.0385. The summed E-state index contributed by atoms with van der Waals surface area (Å²) in [7, 11) is 0. The predicted molar refractivity (Wildman–Crippen MR) is 100 cm³/mol. The number of amides is 1. The number of halogens is 3. The van der Waals surface area contributed by atoms with E-state index in [1.54, 1.807) is 42.5 Å². The molecule has 1 unspecified atom stereocenters. The number of aromatic nitrogens is 2. The Labute approximate surface area is 168 Å². The molecule has 0 bridgehead atoms. The lowest BCUT2D eigenvalue weighted by Gasteiger charge is -2.22. The van der Waals surface area contributed by atoms with Gasteiger partial charge in [-0.1, -0.05) is 35.5 Å². The fourth-order valence-electron chi connectivity index (χ4n) is 2.93. The highest BCUT2D eigenvalue weighted by molar-refractivity contribution is 6.01. The zero-order valence-electron chi connectivity index (χ0n) is 15.3. The molecule has 30 heavy (non-hydrogen) atoms. The molecular formula is C20H15F3N4O3. The minimum Gasteiger partial charge on any atom is -0.350 e. The van der Waals surface area contributed by atoms with Crippen LogP contribution in [-0.2, 0) is 11.4 Å². The number of carbonyl (C=O) groups excluding carboxylic acids is 1. The average Bonchev–Trinajstić information content (AvgIpc) is 3.15. The Morgan fingerprint density at radius 2 is 1.93 bits per heavy atom. The summed E-state index contributed by atoms with van der Waals surface area (Å²) in [5, 5.41) is 15.7. The summed E-state index contributed by atoms with van der Waals surface area (Å²) >= 11 is 0. The number of hydrogen-bond donors (Lipinski definition) is 2. The number of benzene rings is 2. The number of alkyl halides is 3. The van der Waals surface area contributed by atoms with Gasteiger partial charge < -0.3 is 15.3 Å². The molecule has 1 aliphatic heterocycles. The highest BCUT2D eigenvalue weighted by atomic mass is 19.4. The molecule has 10 heteroatoms. The first-order valence-corrected chi connectivity index (χ1v) is 8.89. The van der Waals surface area contributed by atoms with Crippen molar-refractivity contribution in [1.29, 1.82) is 0 Å². The van der Waals surface area contributed by atoms with E-state index in [4.69, 9.17) is 0 Å². The second kappa shape index (κ2) is 7.38. The van der Waals surface area contributed by atoms with Crippen LogP contribution >= 0.6 is 0 Å². The second-order valence-corrected chi connectivity index (χ2v) is 6.72. The zero-order chi connectivity index (χ0) is 21.4. The van der Waals surface area contributed by atoms with Crippen molar-refractivity contribution in [3.05, 3.63) is 71.5 Å². The third kappa shape index (κ3) is 3.81. The summed E-state index contributed by atoms with van der Waals surface area (Å²) in [6.45, 7) is 0.110. The van der Waals surface area contributed by atoms with Crippen molar-refractivity contribution in [3.8, 4) is 0 Å². The highest BCUT2D eigenvalue weighted by Crippen LogP contribution is 2.38. The number of oxime groups is 1. The molecule has 0 saturated heterocycles. The van der Waals surface area contributed by atoms with Gasteiger partial charge in [0.1, 0.15) is 5.69 Å². The van der Waals surface area contributed by atoms with Crippen LogP contribution < -0.4 is 5.32 Å². The Balaban J connectivity index is 1.44. The van der Waals surface area contributed by atoms with Gasteiger partial charge >= 0.3 is 12.0 Å². The van der Waals surface area contributed by atoms with Crippen LogP contribution in [0.5, 0.6) is 0 Å². The van der Waals surface area contributed by atoms with Gasteiger partial charge in [-0.05, 0) is 29.3 Å². The summed E-state index contributed by atoms with van der Waals surface area (Å²) in [6.07, 6.45) is -4.42. The molecule has 0 saturated carbocycles. The lowest BCUT2D eigenvalue weighted by atomic mass is 10.0. The Kier molecular flexibility index (Phi) is 4.86. The minimum atomic E-state index is -4.97. The third-order valence-electron chi connectivity index (χ3n) is 4.55. The Morgan fingerprint density at radius 3 is 2.67 bits per heavy atom. The summed E-state index contributed by atoms with van der Waals surface area (Å²) in [4.78, 5) is 25.1. The summed E-state index contributed by atoms with van der Waals surface area (Å²) in [5.41, 5.74) is 2.34. The topological polar surface area (TPSA) is 96.7 Å². The van der Waals surface area contributed by atoms with Crippen molar-refractivity contribution in [1.82, 2.24) is 15.3 Å². The van der Waals surface area contributed by atoms with Crippen LogP contribution in [0.25, 0.3) is 11.0 Å². The van der Waals surface area contributed by atoms with Crippen molar-refractivity contribution in [2.75, 3.05) is 0 Å². The quantitative estimate of drug-likeness (QED) is 0.682. The summed E-state index contributed by atoms with van der Waals surface area (Å²) in [6, 6.07) is 13.6. The average molecular weight is 416 g/mol. The van der Waals surface area contributed by atoms with Crippen LogP contribution in [0.2, 0.25) is 0 Å². The van der Waals surface area contributed by atoms with E-state index in [9.17, 15) is 23.1 Å². The Bertz CT molecular complexity index is 1150. The van der Waals surface area contributed by atoms with Crippen LogP contribution in [0.3, 0.4) is 0 Å². The van der Waals surface area contributed by atoms with Gasteiger partial charge in [0.25, 0.3) is 5.91 Å². The van der Waals surface area contributed by atoms with E-state index < -0.39 is 24.3 Å². The molecule has 0 aliphatic carbocycles. The fourth-order valence-corrected chi connectivity index (χ4v) is 2.93. The van der Waals surface area contributed by atoms with Gasteiger partial charge in [-0.25, -0.2) is 4.98 Å². The van der Waals surface area contributed by atoms with Crippen molar-refractivity contribution < 1.29 is 27.9 Å². The molecule has 7 nitrogen and oxygen atoms in total. The van der Waals surface area contributed by atoms with E-state index in [-0.39, 0.29) is 18.0 Å². The van der Waals surface area contributed by atoms with Crippen LogP contribution in [0.15, 0.2) is 59.9 Å². The lowest BCUT2D eigenvalue weighted by Crippen LogP contribution is -2.45. The van der Waals surface area contributed by atoms with E-state index in [2.05, 4.69) is 25.3 Å². The van der Waals surface area contributed by atoms with Gasteiger partial charge in [0, 0.05) is 6.54 Å². The third-order valence-corrected chi connectivity index (χ3v) is 4.55. The SMILES string of the molecule is O=C(NCc1cccc(C2=NOC(O)(C(F)(F)F)C2)c1)c1cnc2ccccc2n1. The van der Waals surface area contributed by atoms with Crippen molar-refractivity contribution in [2.45, 2.75) is 24.9 Å². The van der Waals surface area contributed by atoms with Crippen LogP contribution in [0, 0.1) is 0 Å². The fraction of sp³-hybridized carbons (Fsp3) is 0.200. The number of nitrogens with zero attached hydrogens (tertiary/aromatic N) is 3. The van der Waals surface area contributed by atoms with Crippen LogP contribution in [0.4, 0.5) is 13.2 Å². The monoisotopic (exact) mass is 416 g/mol. The Hall–Kier alpha value is -3.53. The summed E-state index contributed by atoms with van der Waals surface area (Å²) in [5.74, 6) is -3.77. The number of carbonyl (C=O) groups is 1. The first kappa shape index (κ1) is 19.8. The highest BCUT2D eigenvalue weighted by Gasteiger charge is 2.60. The van der Waals surface area contributed by atoms with E-state index in [1.165, 1.54) is 6.20 Å². The van der Waals surface area contributed by atoms with Crippen molar-refractivity contribution in [3.63, 3.8) is 0 Å². The molecular weight excluding hydrogens is 401 g/mol. The number of fused-ring (bicyclic) bond motifs is 1. The van der Waals surface area contributed by atoms with Crippen molar-refractivity contribution in [2.24, 2.45) is 5.16 Å². The number of rotatable bonds is 4. The molecule has 154 valence electrons. The number of para-hydroxylation sites is 2. The van der Waals surface area contributed by atoms with E-state index in [0.717, 1.165) is 0 Å². The van der Waals surface area contributed by atoms with Gasteiger partial charge in [0.2, 0.25) is 0 Å². The first-order chi connectivity index (χ1) is 14.2. The van der Waals surface area contributed by atoms with Crippen LogP contribution in [-0.4, -0.2) is 38.7 Å². The molecule has 1 amide bonds.